The van der Waals surface area contributed by atoms with E-state index in [-0.39, 0.29) is 18.2 Å². The SMILES string of the molecule is COc1ccc(S(=O)(=O)N(CC(=O)NO)Cc2ccc3c(c2)OCO3)cc1. The van der Waals surface area contributed by atoms with Gasteiger partial charge in [-0.25, -0.2) is 13.9 Å². The summed E-state index contributed by atoms with van der Waals surface area (Å²) in [6.45, 7) is -0.558. The van der Waals surface area contributed by atoms with Gasteiger partial charge in [0.2, 0.25) is 16.8 Å². The lowest BCUT2D eigenvalue weighted by Gasteiger charge is -2.21. The van der Waals surface area contributed by atoms with E-state index in [9.17, 15) is 13.2 Å². The molecule has 1 amide bonds. The summed E-state index contributed by atoms with van der Waals surface area (Å²) in [5, 5.41) is 8.81. The van der Waals surface area contributed by atoms with E-state index in [1.807, 2.05) is 0 Å². The number of benzene rings is 2. The molecule has 0 bridgehead atoms. The van der Waals surface area contributed by atoms with E-state index in [4.69, 9.17) is 19.4 Å². The van der Waals surface area contributed by atoms with Gasteiger partial charge in [-0.15, -0.1) is 0 Å². The van der Waals surface area contributed by atoms with Crippen LogP contribution >= 0.6 is 0 Å². The minimum absolute atomic E-state index is 0.00483. The third kappa shape index (κ3) is 4.13. The third-order valence-electron chi connectivity index (χ3n) is 3.94. The quantitative estimate of drug-likeness (QED) is 0.534. The molecule has 2 N–H and O–H groups in total. The first-order valence-corrected chi connectivity index (χ1v) is 9.33. The number of hydrogen-bond acceptors (Lipinski definition) is 7. The van der Waals surface area contributed by atoms with Gasteiger partial charge in [0.05, 0.1) is 18.6 Å². The predicted octanol–water partition coefficient (Wildman–Crippen LogP) is 1.12. The van der Waals surface area contributed by atoms with E-state index in [2.05, 4.69) is 0 Å². The van der Waals surface area contributed by atoms with E-state index in [1.54, 1.807) is 18.2 Å². The molecule has 0 fully saturated rings. The number of rotatable bonds is 7. The van der Waals surface area contributed by atoms with Crippen molar-refractivity contribution in [2.75, 3.05) is 20.4 Å². The Morgan fingerprint density at radius 1 is 1.19 bits per heavy atom. The number of hydroxylamine groups is 1. The molecule has 0 saturated carbocycles. The van der Waals surface area contributed by atoms with Crippen molar-refractivity contribution in [3.05, 3.63) is 48.0 Å². The second-order valence-electron chi connectivity index (χ2n) is 5.67. The van der Waals surface area contributed by atoms with Crippen molar-refractivity contribution in [1.82, 2.24) is 9.79 Å². The fourth-order valence-electron chi connectivity index (χ4n) is 2.56. The zero-order chi connectivity index (χ0) is 19.4. The number of nitrogens with one attached hydrogen (secondary N) is 1. The molecule has 10 heteroatoms. The molecule has 9 nitrogen and oxygen atoms in total. The van der Waals surface area contributed by atoms with Gasteiger partial charge in [0.15, 0.2) is 11.5 Å². The van der Waals surface area contributed by atoms with Gasteiger partial charge in [-0.3, -0.25) is 10.0 Å². The number of amides is 1. The van der Waals surface area contributed by atoms with Gasteiger partial charge in [-0.05, 0) is 42.0 Å². The molecule has 1 heterocycles. The molecule has 144 valence electrons. The van der Waals surface area contributed by atoms with Gasteiger partial charge in [0.1, 0.15) is 5.75 Å². The molecule has 1 aliphatic heterocycles. The topological polar surface area (TPSA) is 114 Å². The Bertz CT molecular complexity index is 929. The molecule has 0 spiro atoms. The maximum atomic E-state index is 13.0. The molecular formula is C17H18N2O7S. The van der Waals surface area contributed by atoms with Crippen LogP contribution in [0.25, 0.3) is 0 Å². The van der Waals surface area contributed by atoms with Crippen LogP contribution in [0.5, 0.6) is 17.2 Å². The van der Waals surface area contributed by atoms with Crippen LogP contribution in [0, 0.1) is 0 Å². The lowest BCUT2D eigenvalue weighted by molar-refractivity contribution is -0.129. The van der Waals surface area contributed by atoms with Crippen molar-refractivity contribution in [1.29, 1.82) is 0 Å². The lowest BCUT2D eigenvalue weighted by Crippen LogP contribution is -2.39. The lowest BCUT2D eigenvalue weighted by atomic mass is 10.2. The smallest absolute Gasteiger partial charge is 0.258 e. The van der Waals surface area contributed by atoms with Crippen molar-refractivity contribution >= 4 is 15.9 Å². The van der Waals surface area contributed by atoms with Gasteiger partial charge >= 0.3 is 0 Å². The Morgan fingerprint density at radius 3 is 2.56 bits per heavy atom. The number of sulfonamides is 1. The molecule has 0 radical (unpaired) electrons. The fourth-order valence-corrected chi connectivity index (χ4v) is 3.95. The summed E-state index contributed by atoms with van der Waals surface area (Å²) in [4.78, 5) is 11.6. The number of carbonyl (C=O) groups excluding carboxylic acids is 1. The van der Waals surface area contributed by atoms with Crippen LogP contribution in [0.15, 0.2) is 47.4 Å². The van der Waals surface area contributed by atoms with Crippen molar-refractivity contribution in [2.45, 2.75) is 11.4 Å². The maximum Gasteiger partial charge on any atom is 0.258 e. The molecule has 27 heavy (non-hydrogen) atoms. The van der Waals surface area contributed by atoms with Gasteiger partial charge in [-0.2, -0.15) is 4.31 Å². The summed E-state index contributed by atoms with van der Waals surface area (Å²) in [6, 6.07) is 10.8. The zero-order valence-corrected chi connectivity index (χ0v) is 15.2. The number of methoxy groups -OCH3 is 1. The van der Waals surface area contributed by atoms with Crippen LogP contribution in [-0.4, -0.2) is 44.3 Å². The highest BCUT2D eigenvalue weighted by atomic mass is 32.2. The molecule has 0 aromatic heterocycles. The Labute approximate surface area is 156 Å². The van der Waals surface area contributed by atoms with Crippen molar-refractivity contribution in [3.8, 4) is 17.2 Å². The van der Waals surface area contributed by atoms with Crippen LogP contribution in [0.4, 0.5) is 0 Å². The molecule has 0 unspecified atom stereocenters. The van der Waals surface area contributed by atoms with E-state index >= 15 is 0 Å². The highest BCUT2D eigenvalue weighted by Gasteiger charge is 2.27. The van der Waals surface area contributed by atoms with Crippen LogP contribution in [0.3, 0.4) is 0 Å². The number of hydrogen-bond donors (Lipinski definition) is 2. The molecule has 2 aromatic carbocycles. The minimum Gasteiger partial charge on any atom is -0.497 e. The van der Waals surface area contributed by atoms with Crippen molar-refractivity contribution < 1.29 is 32.6 Å². The Hall–Kier alpha value is -2.82. The highest BCUT2D eigenvalue weighted by Crippen LogP contribution is 2.33. The Kier molecular flexibility index (Phi) is 5.49. The molecule has 3 rings (SSSR count). The van der Waals surface area contributed by atoms with Crippen LogP contribution in [0.2, 0.25) is 0 Å². The van der Waals surface area contributed by atoms with Crippen LogP contribution in [-0.2, 0) is 21.4 Å². The van der Waals surface area contributed by atoms with Crippen molar-refractivity contribution in [2.24, 2.45) is 0 Å². The number of fused-ring (bicyclic) bond motifs is 1. The number of nitrogens with zero attached hydrogens (tertiary/aromatic N) is 1. The summed E-state index contributed by atoms with van der Waals surface area (Å²) < 4.78 is 42.5. The first-order valence-electron chi connectivity index (χ1n) is 7.89. The third-order valence-corrected chi connectivity index (χ3v) is 5.74. The van der Waals surface area contributed by atoms with Crippen LogP contribution < -0.4 is 19.7 Å². The van der Waals surface area contributed by atoms with E-state index in [1.165, 1.54) is 36.9 Å². The molecule has 2 aromatic rings. The fraction of sp³-hybridized carbons (Fsp3) is 0.235. The van der Waals surface area contributed by atoms with Gasteiger partial charge in [0, 0.05) is 6.54 Å². The summed E-state index contributed by atoms with van der Waals surface area (Å²) in [5.41, 5.74) is 2.05. The minimum atomic E-state index is -4.01. The Balaban J connectivity index is 1.90. The number of ether oxygens (including phenoxy) is 3. The average molecular weight is 394 g/mol. The summed E-state index contributed by atoms with van der Waals surface area (Å²) in [7, 11) is -2.54. The Morgan fingerprint density at radius 2 is 1.89 bits per heavy atom. The van der Waals surface area contributed by atoms with Gasteiger partial charge < -0.3 is 14.2 Å². The monoisotopic (exact) mass is 394 g/mol. The molecular weight excluding hydrogens is 376 g/mol. The van der Waals surface area contributed by atoms with E-state index in [0.29, 0.717) is 22.8 Å². The molecule has 0 aliphatic carbocycles. The first kappa shape index (κ1) is 19.0. The first-order chi connectivity index (χ1) is 12.9. The average Bonchev–Trinajstić information content (AvgIpc) is 3.15. The summed E-state index contributed by atoms with van der Waals surface area (Å²) in [6.07, 6.45) is 0. The van der Waals surface area contributed by atoms with E-state index in [0.717, 1.165) is 4.31 Å². The second kappa shape index (κ2) is 7.82. The van der Waals surface area contributed by atoms with Crippen molar-refractivity contribution in [3.63, 3.8) is 0 Å². The van der Waals surface area contributed by atoms with Gasteiger partial charge in [-0.1, -0.05) is 6.07 Å². The predicted molar refractivity (Wildman–Crippen MR) is 93.1 cm³/mol. The molecule has 0 saturated heterocycles. The van der Waals surface area contributed by atoms with Crippen LogP contribution in [0.1, 0.15) is 5.56 Å². The molecule has 0 atom stereocenters. The summed E-state index contributed by atoms with van der Waals surface area (Å²) >= 11 is 0. The second-order valence-corrected chi connectivity index (χ2v) is 7.61. The standard InChI is InChI=1S/C17H18N2O7S/c1-24-13-3-5-14(6-4-13)27(22,23)19(10-17(20)18-21)9-12-2-7-15-16(8-12)26-11-25-15/h2-8,21H,9-11H2,1H3,(H,18,20). The van der Waals surface area contributed by atoms with Gasteiger partial charge in [0.25, 0.3) is 5.91 Å². The zero-order valence-electron chi connectivity index (χ0n) is 14.4. The number of carbonyl (C=O) groups is 1. The molecule has 1 aliphatic rings. The largest absolute Gasteiger partial charge is 0.497 e. The summed E-state index contributed by atoms with van der Waals surface area (Å²) in [5.74, 6) is 0.717. The van der Waals surface area contributed by atoms with E-state index < -0.39 is 22.5 Å². The maximum absolute atomic E-state index is 13.0. The normalized spacial score (nSPS) is 12.9. The highest BCUT2D eigenvalue weighted by molar-refractivity contribution is 7.89.